The van der Waals surface area contributed by atoms with Crippen molar-refractivity contribution in [2.45, 2.75) is 25.8 Å². The van der Waals surface area contributed by atoms with Crippen molar-refractivity contribution in [1.82, 2.24) is 0 Å². The van der Waals surface area contributed by atoms with Gasteiger partial charge in [0.2, 0.25) is 0 Å². The third kappa shape index (κ3) is 3.57. The number of nitrogens with zero attached hydrogens (tertiary/aromatic N) is 2. The molecule has 3 aromatic rings. The number of piperazine rings is 1. The molecule has 0 amide bonds. The lowest BCUT2D eigenvalue weighted by molar-refractivity contribution is -0.914. The van der Waals surface area contributed by atoms with E-state index in [4.69, 9.17) is 4.42 Å². The highest BCUT2D eigenvalue weighted by Crippen LogP contribution is 2.28. The average Bonchev–Trinajstić information content (AvgIpc) is 3.20. The van der Waals surface area contributed by atoms with Crippen molar-refractivity contribution >= 4 is 22.3 Å². The molecule has 0 bridgehead atoms. The molecule has 154 valence electrons. The second kappa shape index (κ2) is 7.57. The fourth-order valence-corrected chi connectivity index (χ4v) is 4.75. The first-order chi connectivity index (χ1) is 14.6. The Kier molecular flexibility index (Phi) is 4.75. The SMILES string of the molecule is O=c1cc(C[NH+]2CCN(c3ccc([N+](=O)[O-])cc3)CC2)c2cc3c(cc2o1)CCC3. The van der Waals surface area contributed by atoms with Gasteiger partial charge in [-0.25, -0.2) is 4.79 Å². The molecule has 2 aliphatic rings. The molecule has 0 atom stereocenters. The summed E-state index contributed by atoms with van der Waals surface area (Å²) in [5.41, 5.74) is 5.32. The van der Waals surface area contributed by atoms with Crippen LogP contribution in [0.1, 0.15) is 23.1 Å². The molecule has 2 heterocycles. The average molecular weight is 406 g/mol. The molecule has 0 unspecified atom stereocenters. The maximum atomic E-state index is 12.1. The van der Waals surface area contributed by atoms with E-state index in [-0.39, 0.29) is 16.2 Å². The van der Waals surface area contributed by atoms with Crippen molar-refractivity contribution in [1.29, 1.82) is 0 Å². The minimum Gasteiger partial charge on any atom is -0.423 e. The summed E-state index contributed by atoms with van der Waals surface area (Å²) in [5, 5.41) is 11.9. The van der Waals surface area contributed by atoms with Gasteiger partial charge >= 0.3 is 5.63 Å². The standard InChI is InChI=1S/C23H23N3O4/c27-23-14-18(21-12-16-2-1-3-17(16)13-22(21)30-23)15-24-8-10-25(11-9-24)19-4-6-20(7-5-19)26(28)29/h4-7,12-14H,1-3,8-11,15H2/p+1. The van der Waals surface area contributed by atoms with Crippen LogP contribution in [0, 0.1) is 10.1 Å². The van der Waals surface area contributed by atoms with Gasteiger partial charge in [0.1, 0.15) is 12.1 Å². The Hall–Kier alpha value is -3.19. The molecule has 5 rings (SSSR count). The van der Waals surface area contributed by atoms with Gasteiger partial charge in [0.25, 0.3) is 5.69 Å². The molecule has 7 nitrogen and oxygen atoms in total. The van der Waals surface area contributed by atoms with E-state index in [2.05, 4.69) is 17.0 Å². The molecule has 1 aliphatic carbocycles. The molecule has 0 spiro atoms. The number of non-ortho nitro benzene ring substituents is 1. The Morgan fingerprint density at radius 3 is 2.43 bits per heavy atom. The molecule has 1 aromatic heterocycles. The summed E-state index contributed by atoms with van der Waals surface area (Å²) in [6.07, 6.45) is 3.33. The molecular formula is C23H24N3O4+. The van der Waals surface area contributed by atoms with Crippen LogP contribution in [0.25, 0.3) is 11.0 Å². The van der Waals surface area contributed by atoms with Crippen molar-refractivity contribution in [2.75, 3.05) is 31.1 Å². The Morgan fingerprint density at radius 1 is 1.03 bits per heavy atom. The summed E-state index contributed by atoms with van der Waals surface area (Å²) in [4.78, 5) is 26.3. The zero-order valence-electron chi connectivity index (χ0n) is 16.7. The molecule has 30 heavy (non-hydrogen) atoms. The molecule has 0 saturated carbocycles. The molecule has 0 radical (unpaired) electrons. The first-order valence-electron chi connectivity index (χ1n) is 10.5. The van der Waals surface area contributed by atoms with E-state index < -0.39 is 0 Å². The van der Waals surface area contributed by atoms with Crippen LogP contribution in [0.3, 0.4) is 0 Å². The van der Waals surface area contributed by atoms with Gasteiger partial charge in [0, 0.05) is 34.8 Å². The second-order valence-electron chi connectivity index (χ2n) is 8.25. The molecular weight excluding hydrogens is 382 g/mol. The Bertz CT molecular complexity index is 1160. The summed E-state index contributed by atoms with van der Waals surface area (Å²) in [6, 6.07) is 12.7. The van der Waals surface area contributed by atoms with E-state index in [0.717, 1.165) is 62.2 Å². The number of benzene rings is 2. The van der Waals surface area contributed by atoms with Crippen LogP contribution in [0.2, 0.25) is 0 Å². The third-order valence-electron chi connectivity index (χ3n) is 6.38. The summed E-state index contributed by atoms with van der Waals surface area (Å²) in [6.45, 7) is 4.45. The predicted molar refractivity (Wildman–Crippen MR) is 114 cm³/mol. The van der Waals surface area contributed by atoms with Crippen molar-refractivity contribution in [3.8, 4) is 0 Å². The van der Waals surface area contributed by atoms with Crippen LogP contribution in [-0.4, -0.2) is 31.1 Å². The van der Waals surface area contributed by atoms with E-state index in [1.165, 1.54) is 22.4 Å². The number of nitrogens with one attached hydrogen (secondary N) is 1. The van der Waals surface area contributed by atoms with Crippen molar-refractivity contribution in [3.05, 3.63) is 79.7 Å². The van der Waals surface area contributed by atoms with Crippen LogP contribution in [0.5, 0.6) is 0 Å². The quantitative estimate of drug-likeness (QED) is 0.408. The number of nitro benzene ring substituents is 1. The minimum absolute atomic E-state index is 0.115. The van der Waals surface area contributed by atoms with Gasteiger partial charge in [-0.1, -0.05) is 0 Å². The molecule has 1 saturated heterocycles. The Balaban J connectivity index is 1.31. The van der Waals surface area contributed by atoms with E-state index in [0.29, 0.717) is 5.58 Å². The van der Waals surface area contributed by atoms with E-state index in [1.54, 1.807) is 18.2 Å². The van der Waals surface area contributed by atoms with Gasteiger partial charge in [-0.2, -0.15) is 0 Å². The number of aryl methyl sites for hydroxylation is 2. The lowest BCUT2D eigenvalue weighted by Crippen LogP contribution is -3.13. The molecule has 1 aliphatic heterocycles. The maximum Gasteiger partial charge on any atom is 0.336 e. The number of nitro groups is 1. The predicted octanol–water partition coefficient (Wildman–Crippen LogP) is 2.10. The lowest BCUT2D eigenvalue weighted by atomic mass is 10.0. The number of quaternary nitrogens is 1. The fraction of sp³-hybridized carbons (Fsp3) is 0.348. The van der Waals surface area contributed by atoms with Crippen LogP contribution in [0.15, 0.2) is 51.7 Å². The molecule has 2 aromatic carbocycles. The highest BCUT2D eigenvalue weighted by Gasteiger charge is 2.23. The second-order valence-corrected chi connectivity index (χ2v) is 8.25. The minimum atomic E-state index is -0.373. The first-order valence-corrected chi connectivity index (χ1v) is 10.5. The topological polar surface area (TPSA) is 81.0 Å². The number of fused-ring (bicyclic) bond motifs is 2. The highest BCUT2D eigenvalue weighted by molar-refractivity contribution is 5.82. The number of hydrogen-bond donors (Lipinski definition) is 1. The van der Waals surface area contributed by atoms with E-state index in [1.807, 2.05) is 12.1 Å². The van der Waals surface area contributed by atoms with Crippen molar-refractivity contribution < 1.29 is 14.2 Å². The van der Waals surface area contributed by atoms with E-state index >= 15 is 0 Å². The molecule has 7 heteroatoms. The zero-order valence-corrected chi connectivity index (χ0v) is 16.7. The number of anilines is 1. The summed E-state index contributed by atoms with van der Waals surface area (Å²) in [7, 11) is 0. The molecule has 1 N–H and O–H groups in total. The van der Waals surface area contributed by atoms with Gasteiger partial charge in [-0.3, -0.25) is 10.1 Å². The smallest absolute Gasteiger partial charge is 0.336 e. The zero-order chi connectivity index (χ0) is 20.7. The Morgan fingerprint density at radius 2 is 1.73 bits per heavy atom. The third-order valence-corrected chi connectivity index (χ3v) is 6.38. The van der Waals surface area contributed by atoms with Gasteiger partial charge < -0.3 is 14.2 Å². The number of rotatable bonds is 4. The monoisotopic (exact) mass is 406 g/mol. The van der Waals surface area contributed by atoms with Crippen LogP contribution < -0.4 is 15.4 Å². The normalized spacial score (nSPS) is 16.7. The van der Waals surface area contributed by atoms with Crippen LogP contribution >= 0.6 is 0 Å². The lowest BCUT2D eigenvalue weighted by Gasteiger charge is -2.33. The highest BCUT2D eigenvalue weighted by atomic mass is 16.6. The van der Waals surface area contributed by atoms with Gasteiger partial charge in [-0.05, 0) is 54.7 Å². The van der Waals surface area contributed by atoms with Gasteiger partial charge in [0.15, 0.2) is 0 Å². The summed E-state index contributed by atoms with van der Waals surface area (Å²) < 4.78 is 5.50. The van der Waals surface area contributed by atoms with Crippen molar-refractivity contribution in [3.63, 3.8) is 0 Å². The summed E-state index contributed by atoms with van der Waals surface area (Å²) in [5.74, 6) is 0. The number of hydrogen-bond acceptors (Lipinski definition) is 5. The van der Waals surface area contributed by atoms with Crippen LogP contribution in [0.4, 0.5) is 11.4 Å². The largest absolute Gasteiger partial charge is 0.423 e. The van der Waals surface area contributed by atoms with Crippen molar-refractivity contribution in [2.24, 2.45) is 0 Å². The van der Waals surface area contributed by atoms with E-state index in [9.17, 15) is 14.9 Å². The maximum absolute atomic E-state index is 12.1. The van der Waals surface area contributed by atoms with Gasteiger partial charge in [-0.15, -0.1) is 0 Å². The fourth-order valence-electron chi connectivity index (χ4n) is 4.75. The van der Waals surface area contributed by atoms with Gasteiger partial charge in [0.05, 0.1) is 31.1 Å². The molecule has 1 fully saturated rings. The van der Waals surface area contributed by atoms with Crippen LogP contribution in [-0.2, 0) is 19.4 Å². The Labute approximate surface area is 173 Å². The first kappa shape index (κ1) is 18.8. The summed E-state index contributed by atoms with van der Waals surface area (Å²) >= 11 is 0.